The second-order valence-corrected chi connectivity index (χ2v) is 8.03. The third-order valence-corrected chi connectivity index (χ3v) is 5.35. The molecule has 190 valence electrons. The number of amides is 2. The first kappa shape index (κ1) is 27.0. The minimum Gasteiger partial charge on any atom is -0.354 e. The third kappa shape index (κ3) is 6.99. The maximum atomic E-state index is 14.5. The van der Waals surface area contributed by atoms with Crippen LogP contribution in [0.2, 0.25) is 5.02 Å². The zero-order chi connectivity index (χ0) is 26.9. The Morgan fingerprint density at radius 2 is 2.00 bits per heavy atom. The van der Waals surface area contributed by atoms with Gasteiger partial charge in [0, 0.05) is 37.6 Å². The molecule has 3 rings (SSSR count). The highest BCUT2D eigenvalue weighted by Crippen LogP contribution is 2.31. The van der Waals surface area contributed by atoms with E-state index in [2.05, 4.69) is 32.5 Å². The molecule has 0 aliphatic heterocycles. The second-order valence-electron chi connectivity index (χ2n) is 7.63. The van der Waals surface area contributed by atoms with Crippen molar-refractivity contribution < 1.29 is 18.4 Å². The first-order chi connectivity index (χ1) is 17.7. The molecule has 2 amide bonds. The number of aromatic nitrogens is 2. The summed E-state index contributed by atoms with van der Waals surface area (Å²) in [7, 11) is 1.40. The summed E-state index contributed by atoms with van der Waals surface area (Å²) in [5.74, 6) is -1.76. The lowest BCUT2D eigenvalue weighted by molar-refractivity contribution is -0.113. The fourth-order valence-electron chi connectivity index (χ4n) is 3.15. The van der Waals surface area contributed by atoms with Crippen molar-refractivity contribution in [2.24, 2.45) is 0 Å². The van der Waals surface area contributed by atoms with Crippen molar-refractivity contribution in [3.63, 3.8) is 0 Å². The summed E-state index contributed by atoms with van der Waals surface area (Å²) in [6, 6.07) is 9.74. The van der Waals surface area contributed by atoms with Crippen molar-refractivity contribution in [2.45, 2.75) is 6.42 Å². The van der Waals surface area contributed by atoms with Crippen LogP contribution in [0.15, 0.2) is 55.3 Å². The van der Waals surface area contributed by atoms with Crippen LogP contribution in [0.1, 0.15) is 22.3 Å². The van der Waals surface area contributed by atoms with Gasteiger partial charge in [0.2, 0.25) is 11.9 Å². The summed E-state index contributed by atoms with van der Waals surface area (Å²) in [6.45, 7) is 4.12. The van der Waals surface area contributed by atoms with Crippen LogP contribution in [0.5, 0.6) is 0 Å². The van der Waals surface area contributed by atoms with E-state index in [4.69, 9.17) is 16.9 Å². The number of nitrogens with one attached hydrogen (secondary N) is 3. The molecule has 37 heavy (non-hydrogen) atoms. The number of rotatable bonds is 10. The average Bonchev–Trinajstić information content (AvgIpc) is 2.89. The highest BCUT2D eigenvalue weighted by atomic mass is 35.5. The Labute approximate surface area is 216 Å². The topological polar surface area (TPSA) is 123 Å². The predicted octanol–water partition coefficient (Wildman–Crippen LogP) is 4.40. The number of nitrogens with zero attached hydrogens (tertiary/aromatic N) is 4. The zero-order valence-electron chi connectivity index (χ0n) is 19.7. The van der Waals surface area contributed by atoms with Gasteiger partial charge in [-0.2, -0.15) is 10.2 Å². The standard InChI is InChI=1S/C25H22ClF2N7O2/c1-3-22(36)35(2)20-13-17(12-18(26)23(20)28)33-21-7-10-32-25(34-21)31-9-4-8-30-24(37)15-5-6-16(14-29)19(27)11-15/h3,5-7,10-13H,1,4,8-9H2,2H3,(H,30,37)(H2,31,32,33,34). The van der Waals surface area contributed by atoms with Gasteiger partial charge < -0.3 is 20.9 Å². The maximum absolute atomic E-state index is 14.5. The molecule has 0 unspecified atom stereocenters. The van der Waals surface area contributed by atoms with E-state index in [-0.39, 0.29) is 21.8 Å². The summed E-state index contributed by atoms with van der Waals surface area (Å²) in [5.41, 5.74) is 0.362. The highest BCUT2D eigenvalue weighted by Gasteiger charge is 2.17. The minimum atomic E-state index is -0.751. The van der Waals surface area contributed by atoms with Crippen LogP contribution in [0, 0.1) is 23.0 Å². The normalized spacial score (nSPS) is 10.2. The number of anilines is 4. The number of nitriles is 1. The van der Waals surface area contributed by atoms with Crippen LogP contribution >= 0.6 is 11.6 Å². The largest absolute Gasteiger partial charge is 0.354 e. The van der Waals surface area contributed by atoms with Crippen LogP contribution in [0.4, 0.5) is 31.9 Å². The van der Waals surface area contributed by atoms with Crippen molar-refractivity contribution in [2.75, 3.05) is 35.7 Å². The molecule has 0 aliphatic carbocycles. The summed E-state index contributed by atoms with van der Waals surface area (Å²) in [5, 5.41) is 17.3. The molecule has 0 fully saturated rings. The molecule has 0 spiro atoms. The molecule has 0 saturated heterocycles. The Kier molecular flexibility index (Phi) is 9.07. The Bertz CT molecular complexity index is 1380. The molecule has 2 aromatic carbocycles. The lowest BCUT2D eigenvalue weighted by Crippen LogP contribution is -2.26. The molecule has 0 atom stereocenters. The SMILES string of the molecule is C=CC(=O)N(C)c1cc(Nc2ccnc(NCCCNC(=O)c3ccc(C#N)c(F)c3)n2)cc(Cl)c1F. The van der Waals surface area contributed by atoms with Gasteiger partial charge in [-0.15, -0.1) is 0 Å². The first-order valence-electron chi connectivity index (χ1n) is 10.9. The number of likely N-dealkylation sites (N-methyl/N-ethyl adjacent to an activating group) is 1. The fourth-order valence-corrected chi connectivity index (χ4v) is 3.36. The molecule has 1 aromatic heterocycles. The summed E-state index contributed by atoms with van der Waals surface area (Å²) >= 11 is 6.00. The molecule has 0 saturated carbocycles. The monoisotopic (exact) mass is 525 g/mol. The van der Waals surface area contributed by atoms with Crippen molar-refractivity contribution in [3.8, 4) is 6.07 Å². The van der Waals surface area contributed by atoms with Gasteiger partial charge >= 0.3 is 0 Å². The lowest BCUT2D eigenvalue weighted by atomic mass is 10.1. The van der Waals surface area contributed by atoms with Crippen molar-refractivity contribution in [3.05, 3.63) is 83.0 Å². The van der Waals surface area contributed by atoms with Crippen LogP contribution in [0.25, 0.3) is 0 Å². The van der Waals surface area contributed by atoms with E-state index < -0.39 is 23.4 Å². The summed E-state index contributed by atoms with van der Waals surface area (Å²) in [6.07, 6.45) is 3.10. The van der Waals surface area contributed by atoms with E-state index in [1.165, 1.54) is 37.5 Å². The molecule has 0 bridgehead atoms. The van der Waals surface area contributed by atoms with Gasteiger partial charge in [-0.05, 0) is 48.9 Å². The Morgan fingerprint density at radius 1 is 1.22 bits per heavy atom. The van der Waals surface area contributed by atoms with Gasteiger partial charge in [0.25, 0.3) is 5.91 Å². The molecule has 12 heteroatoms. The van der Waals surface area contributed by atoms with Crippen LogP contribution in [0.3, 0.4) is 0 Å². The molecule has 1 heterocycles. The molecular formula is C25H22ClF2N7O2. The van der Waals surface area contributed by atoms with Crippen molar-refractivity contribution in [1.82, 2.24) is 15.3 Å². The molecule has 0 radical (unpaired) electrons. The van der Waals surface area contributed by atoms with Gasteiger partial charge in [0.1, 0.15) is 17.7 Å². The maximum Gasteiger partial charge on any atom is 0.251 e. The number of hydrogen-bond donors (Lipinski definition) is 3. The van der Waals surface area contributed by atoms with Gasteiger partial charge in [-0.1, -0.05) is 18.2 Å². The minimum absolute atomic E-state index is 0.0295. The fraction of sp³-hybridized carbons (Fsp3) is 0.160. The zero-order valence-corrected chi connectivity index (χ0v) is 20.4. The van der Waals surface area contributed by atoms with Crippen molar-refractivity contribution in [1.29, 1.82) is 5.26 Å². The van der Waals surface area contributed by atoms with Gasteiger partial charge in [-0.25, -0.2) is 13.8 Å². The van der Waals surface area contributed by atoms with E-state index in [1.807, 2.05) is 0 Å². The average molecular weight is 526 g/mol. The van der Waals surface area contributed by atoms with E-state index >= 15 is 0 Å². The van der Waals surface area contributed by atoms with E-state index in [1.54, 1.807) is 12.1 Å². The van der Waals surface area contributed by atoms with E-state index in [9.17, 15) is 18.4 Å². The molecule has 3 N–H and O–H groups in total. The number of carbonyl (C=O) groups is 2. The van der Waals surface area contributed by atoms with Crippen molar-refractivity contribution >= 4 is 46.6 Å². The Hall–Kier alpha value is -4.56. The van der Waals surface area contributed by atoms with Gasteiger partial charge in [-0.3, -0.25) is 9.59 Å². The van der Waals surface area contributed by atoms with Crippen LogP contribution in [-0.2, 0) is 4.79 Å². The Balaban J connectivity index is 1.55. The van der Waals surface area contributed by atoms with E-state index in [0.29, 0.717) is 37.0 Å². The Morgan fingerprint density at radius 3 is 2.70 bits per heavy atom. The lowest BCUT2D eigenvalue weighted by Gasteiger charge is -2.18. The molecule has 9 nitrogen and oxygen atoms in total. The highest BCUT2D eigenvalue weighted by molar-refractivity contribution is 6.31. The molecular weight excluding hydrogens is 504 g/mol. The van der Waals surface area contributed by atoms with Crippen LogP contribution in [-0.4, -0.2) is 41.9 Å². The van der Waals surface area contributed by atoms with Gasteiger partial charge in [0.15, 0.2) is 5.82 Å². The number of hydrogen-bond acceptors (Lipinski definition) is 7. The molecule has 0 aliphatic rings. The van der Waals surface area contributed by atoms with Crippen LogP contribution < -0.4 is 20.9 Å². The number of halogens is 3. The smallest absolute Gasteiger partial charge is 0.251 e. The summed E-state index contributed by atoms with van der Waals surface area (Å²) < 4.78 is 28.1. The quantitative estimate of drug-likeness (QED) is 0.265. The number of carbonyl (C=O) groups excluding carboxylic acids is 2. The van der Waals surface area contributed by atoms with E-state index in [0.717, 1.165) is 17.0 Å². The summed E-state index contributed by atoms with van der Waals surface area (Å²) in [4.78, 5) is 33.6. The van der Waals surface area contributed by atoms with Gasteiger partial charge in [0.05, 0.1) is 16.3 Å². The number of benzene rings is 2. The third-order valence-electron chi connectivity index (χ3n) is 5.08. The first-order valence-corrected chi connectivity index (χ1v) is 11.3. The molecule has 3 aromatic rings. The predicted molar refractivity (Wildman–Crippen MR) is 137 cm³/mol. The second kappa shape index (κ2) is 12.4.